The van der Waals surface area contributed by atoms with Gasteiger partial charge in [-0.05, 0) is 61.4 Å². The third kappa shape index (κ3) is 8.31. The van der Waals surface area contributed by atoms with Crippen LogP contribution in [0.4, 0.5) is 34.6 Å². The minimum atomic E-state index is -0.573. The van der Waals surface area contributed by atoms with Gasteiger partial charge in [-0.25, -0.2) is 4.79 Å². The molecule has 0 radical (unpaired) electrons. The summed E-state index contributed by atoms with van der Waals surface area (Å²) in [5.41, 5.74) is 4.34. The van der Waals surface area contributed by atoms with Gasteiger partial charge in [0.05, 0.1) is 22.3 Å². The first kappa shape index (κ1) is 37.9. The van der Waals surface area contributed by atoms with Crippen molar-refractivity contribution in [1.29, 1.82) is 0 Å². The summed E-state index contributed by atoms with van der Waals surface area (Å²) in [6.07, 6.45) is 11.7. The van der Waals surface area contributed by atoms with Gasteiger partial charge in [0.1, 0.15) is 0 Å². The highest BCUT2D eigenvalue weighted by molar-refractivity contribution is 6.30. The molecule has 11 nitrogen and oxygen atoms in total. The van der Waals surface area contributed by atoms with Crippen LogP contribution in [0, 0.1) is 0 Å². The van der Waals surface area contributed by atoms with Crippen molar-refractivity contribution in [2.75, 3.05) is 16.0 Å². The molecule has 0 bridgehead atoms. The number of hydrogen-bond acceptors (Lipinski definition) is 9. The number of fused-ring (bicyclic) bond motifs is 2. The van der Waals surface area contributed by atoms with E-state index in [4.69, 9.17) is 0 Å². The number of rotatable bonds is 18. The summed E-state index contributed by atoms with van der Waals surface area (Å²) in [7, 11) is 0. The molecule has 0 unspecified atom stereocenters. The molecular formula is C45H47N7O4. The van der Waals surface area contributed by atoms with Crippen LogP contribution in [0.1, 0.15) is 104 Å². The zero-order valence-electron chi connectivity index (χ0n) is 31.9. The fourth-order valence-corrected chi connectivity index (χ4v) is 7.61. The van der Waals surface area contributed by atoms with Crippen LogP contribution in [-0.2, 0) is 6.54 Å². The minimum Gasteiger partial charge on any atom is -0.355 e. The van der Waals surface area contributed by atoms with Crippen LogP contribution in [-0.4, -0.2) is 31.1 Å². The highest BCUT2D eigenvalue weighted by atomic mass is 16.2. The Morgan fingerprint density at radius 3 is 2.02 bits per heavy atom. The van der Waals surface area contributed by atoms with E-state index in [1.54, 1.807) is 16.7 Å². The third-order valence-electron chi connectivity index (χ3n) is 10.3. The fraction of sp³-hybridized carbons (Fsp3) is 0.289. The van der Waals surface area contributed by atoms with Crippen molar-refractivity contribution in [2.45, 2.75) is 84.6 Å². The molecule has 2 aromatic heterocycles. The van der Waals surface area contributed by atoms with Crippen LogP contribution in [0.25, 0.3) is 22.0 Å². The average molecular weight is 750 g/mol. The monoisotopic (exact) mass is 749 g/mol. The maximum Gasteiger partial charge on any atom is 0.351 e. The molecule has 1 aliphatic rings. The highest BCUT2D eigenvalue weighted by Crippen LogP contribution is 2.44. The number of para-hydroxylation sites is 1. The number of pyridine rings is 1. The largest absolute Gasteiger partial charge is 0.355 e. The second-order valence-corrected chi connectivity index (χ2v) is 14.3. The van der Waals surface area contributed by atoms with Crippen LogP contribution >= 0.6 is 0 Å². The Morgan fingerprint density at radius 1 is 0.661 bits per heavy atom. The number of nitrogens with one attached hydrogen (secondary N) is 4. The number of hydrogen-bond donors (Lipinski definition) is 4. The van der Waals surface area contributed by atoms with Crippen LogP contribution in [0.2, 0.25) is 0 Å². The summed E-state index contributed by atoms with van der Waals surface area (Å²) in [6, 6.07) is 27.6. The topological polar surface area (TPSA) is 151 Å². The number of Topliss-reactive ketones (excluding diaryl/α,β-unsaturated/α-hetero) is 1. The summed E-state index contributed by atoms with van der Waals surface area (Å²) in [6.45, 7) is 4.11. The molecule has 6 aromatic rings. The van der Waals surface area contributed by atoms with Crippen molar-refractivity contribution in [2.24, 2.45) is 0 Å². The van der Waals surface area contributed by atoms with E-state index in [1.807, 2.05) is 78.9 Å². The number of benzene rings is 4. The number of nitrogens with zero attached hydrogens (tertiary/aromatic N) is 3. The predicted molar refractivity (Wildman–Crippen MR) is 224 cm³/mol. The number of unbranched alkanes of at least 4 members (excludes halogenated alkanes) is 9. The average Bonchev–Trinajstić information content (AvgIpc) is 3.18. The van der Waals surface area contributed by atoms with E-state index in [2.05, 4.69) is 37.8 Å². The van der Waals surface area contributed by atoms with E-state index < -0.39 is 5.69 Å². The van der Waals surface area contributed by atoms with E-state index in [1.165, 1.54) is 51.9 Å². The molecule has 4 aromatic carbocycles. The molecule has 0 fully saturated rings. The smallest absolute Gasteiger partial charge is 0.351 e. The Morgan fingerprint density at radius 2 is 1.30 bits per heavy atom. The number of aromatic amines is 1. The van der Waals surface area contributed by atoms with Crippen LogP contribution in [0.3, 0.4) is 0 Å². The molecule has 0 saturated heterocycles. The third-order valence-corrected chi connectivity index (χ3v) is 10.3. The molecule has 0 saturated carbocycles. The molecule has 4 N–H and O–H groups in total. The summed E-state index contributed by atoms with van der Waals surface area (Å²) < 4.78 is 1.70. The van der Waals surface area contributed by atoms with Crippen LogP contribution in [0.5, 0.6) is 0 Å². The van der Waals surface area contributed by atoms with Gasteiger partial charge in [0.15, 0.2) is 11.6 Å². The lowest BCUT2D eigenvalue weighted by molar-refractivity contribution is 0.101. The molecular weight excluding hydrogens is 703 g/mol. The quantitative estimate of drug-likeness (QED) is 0.0496. The maximum atomic E-state index is 14.5. The van der Waals surface area contributed by atoms with Gasteiger partial charge < -0.3 is 20.5 Å². The Labute approximate surface area is 325 Å². The number of aryl methyl sites for hydroxylation is 1. The zero-order valence-corrected chi connectivity index (χ0v) is 31.9. The lowest BCUT2D eigenvalue weighted by atomic mass is 9.80. The zero-order chi connectivity index (χ0) is 39.0. The van der Waals surface area contributed by atoms with Gasteiger partial charge in [0.2, 0.25) is 11.9 Å². The van der Waals surface area contributed by atoms with Gasteiger partial charge in [0, 0.05) is 40.1 Å². The molecule has 286 valence electrons. The van der Waals surface area contributed by atoms with Crippen molar-refractivity contribution in [3.63, 3.8) is 0 Å². The predicted octanol–water partition coefficient (Wildman–Crippen LogP) is 10.0. The Balaban J connectivity index is 1.19. The van der Waals surface area contributed by atoms with E-state index in [0.29, 0.717) is 56.8 Å². The van der Waals surface area contributed by atoms with Crippen LogP contribution < -0.4 is 27.2 Å². The highest BCUT2D eigenvalue weighted by Gasteiger charge is 2.33. The van der Waals surface area contributed by atoms with Gasteiger partial charge in [-0.15, -0.1) is 0 Å². The first-order valence-corrected chi connectivity index (χ1v) is 19.7. The van der Waals surface area contributed by atoms with Crippen molar-refractivity contribution in [3.05, 3.63) is 129 Å². The number of ketones is 2. The number of aromatic nitrogens is 4. The molecule has 11 heteroatoms. The lowest BCUT2D eigenvalue weighted by Crippen LogP contribution is -2.29. The molecule has 0 atom stereocenters. The lowest BCUT2D eigenvalue weighted by Gasteiger charge is -2.26. The van der Waals surface area contributed by atoms with Gasteiger partial charge in [0.25, 0.3) is 5.56 Å². The second kappa shape index (κ2) is 17.4. The molecule has 2 heterocycles. The Hall–Kier alpha value is -6.36. The molecule has 7 rings (SSSR count). The van der Waals surface area contributed by atoms with Gasteiger partial charge in [-0.1, -0.05) is 113 Å². The van der Waals surface area contributed by atoms with Gasteiger partial charge in [-0.3, -0.25) is 19.4 Å². The van der Waals surface area contributed by atoms with Crippen molar-refractivity contribution < 1.29 is 9.59 Å². The first-order valence-electron chi connectivity index (χ1n) is 19.7. The van der Waals surface area contributed by atoms with E-state index in [0.717, 1.165) is 24.9 Å². The SMILES string of the molecule is CCCCCCCCCCCCn1c(=O)c(C(C)=O)c2c3c(c(Nc4cccc(Nc5nc(Nc6ccccc6)nc(=O)[nH]5)c4)ccc31)C(=O)c1ccccc1-2. The minimum absolute atomic E-state index is 0.106. The number of carbonyl (C=O) groups excluding carboxylic acids is 2. The normalized spacial score (nSPS) is 11.7. The van der Waals surface area contributed by atoms with Crippen molar-refractivity contribution >= 4 is 57.1 Å². The summed E-state index contributed by atoms with van der Waals surface area (Å²) >= 11 is 0. The first-order chi connectivity index (χ1) is 27.3. The standard InChI is InChI=1S/C45H47N7O4/c1-3-4-5-6-7-8-9-10-11-17-27-52-36-26-25-35(39-40(36)38(37(29(2)53)42(52)55)33-23-15-16-24-34(33)41(39)54)46-31-21-18-22-32(28-31)48-44-49-43(50-45(56)51-44)47-30-19-13-12-14-20-30/h12-16,18-26,28,46H,3-11,17,27H2,1-2H3,(H3,47,48,49,50,51,56). The van der Waals surface area contributed by atoms with Crippen molar-refractivity contribution in [1.82, 2.24) is 19.5 Å². The van der Waals surface area contributed by atoms with Crippen molar-refractivity contribution in [3.8, 4) is 11.1 Å². The maximum absolute atomic E-state index is 14.5. The Bertz CT molecular complexity index is 2510. The van der Waals surface area contributed by atoms with E-state index in [9.17, 15) is 19.2 Å². The summed E-state index contributed by atoms with van der Waals surface area (Å²) in [5, 5.41) is 10.2. The van der Waals surface area contributed by atoms with Gasteiger partial charge in [-0.2, -0.15) is 9.97 Å². The molecule has 56 heavy (non-hydrogen) atoms. The van der Waals surface area contributed by atoms with E-state index in [-0.39, 0.29) is 34.6 Å². The summed E-state index contributed by atoms with van der Waals surface area (Å²) in [5.74, 6) is -0.194. The van der Waals surface area contributed by atoms with E-state index >= 15 is 0 Å². The molecule has 0 spiro atoms. The Kier molecular flexibility index (Phi) is 11.8. The number of carbonyl (C=O) groups is 2. The molecule has 0 aliphatic heterocycles. The number of H-pyrrole nitrogens is 1. The summed E-state index contributed by atoms with van der Waals surface area (Å²) in [4.78, 5) is 65.4. The number of anilines is 6. The molecule has 1 aliphatic carbocycles. The van der Waals surface area contributed by atoms with Crippen LogP contribution in [0.15, 0.2) is 101 Å². The van der Waals surface area contributed by atoms with Gasteiger partial charge >= 0.3 is 5.69 Å². The second-order valence-electron chi connectivity index (χ2n) is 14.3. The molecule has 0 amide bonds. The fourth-order valence-electron chi connectivity index (χ4n) is 7.61.